The summed E-state index contributed by atoms with van der Waals surface area (Å²) in [5.74, 6) is 0. The lowest BCUT2D eigenvalue weighted by Crippen LogP contribution is -1.96. The fraction of sp³-hybridized carbons (Fsp3) is 0.571. The summed E-state index contributed by atoms with van der Waals surface area (Å²) in [5.41, 5.74) is 2.87. The highest BCUT2D eigenvalue weighted by Crippen LogP contribution is 2.06. The van der Waals surface area contributed by atoms with Crippen molar-refractivity contribution < 1.29 is 0 Å². The van der Waals surface area contributed by atoms with E-state index in [4.69, 9.17) is 0 Å². The van der Waals surface area contributed by atoms with Gasteiger partial charge in [-0.2, -0.15) is 0 Å². The van der Waals surface area contributed by atoms with Gasteiger partial charge in [0.1, 0.15) is 0 Å². The van der Waals surface area contributed by atoms with Crippen molar-refractivity contribution in [1.29, 1.82) is 0 Å². The average molecular weight is 218 g/mol. The molecule has 0 aromatic heterocycles. The van der Waals surface area contributed by atoms with Crippen LogP contribution in [0.1, 0.15) is 43.7 Å². The highest BCUT2D eigenvalue weighted by Gasteiger charge is 1.94. The average Bonchev–Trinajstić information content (AvgIpc) is 2.26. The molecule has 0 spiro atoms. The summed E-state index contributed by atoms with van der Waals surface area (Å²) >= 11 is 0. The van der Waals surface area contributed by atoms with Crippen LogP contribution in [0.25, 0.3) is 0 Å². The molecule has 0 atom stereocenters. The first-order valence-corrected chi connectivity index (χ1v) is 7.50. The summed E-state index contributed by atoms with van der Waals surface area (Å²) in [6, 6.07) is 11.7. The molecule has 0 amide bonds. The maximum Gasteiger partial charge on any atom is 0.0428 e. The number of benzene rings is 1. The van der Waals surface area contributed by atoms with Gasteiger partial charge < -0.3 is 0 Å². The van der Waals surface area contributed by atoms with Gasteiger partial charge in [-0.25, -0.2) is 0 Å². The van der Waals surface area contributed by atoms with Crippen LogP contribution in [0.4, 0.5) is 0 Å². The highest BCUT2D eigenvalue weighted by molar-refractivity contribution is 6.34. The first-order valence-electron chi connectivity index (χ1n) is 6.09. The van der Waals surface area contributed by atoms with Crippen LogP contribution < -0.4 is 0 Å². The predicted octanol–water partition coefficient (Wildman–Crippen LogP) is 4.20. The summed E-state index contributed by atoms with van der Waals surface area (Å²) in [6.07, 6.45) is 5.62. The molecule has 0 fully saturated rings. The number of unbranched alkanes of at least 4 members (excludes halogenated alkanes) is 3. The first kappa shape index (κ1) is 12.5. The molecule has 0 saturated heterocycles. The third-order valence-corrected chi connectivity index (χ3v) is 4.02. The Morgan fingerprint density at radius 1 is 1.00 bits per heavy atom. The Kier molecular flexibility index (Phi) is 6.41. The summed E-state index contributed by atoms with van der Waals surface area (Å²) in [4.78, 5) is 0. The molecule has 1 aromatic carbocycles. The van der Waals surface area contributed by atoms with E-state index in [-0.39, 0.29) is 0 Å². The van der Waals surface area contributed by atoms with Crippen LogP contribution in [-0.4, -0.2) is 9.52 Å². The molecule has 1 rings (SSSR count). The van der Waals surface area contributed by atoms with Crippen LogP contribution in [0, 0.1) is 6.92 Å². The van der Waals surface area contributed by atoms with Gasteiger partial charge in [0, 0.05) is 9.52 Å². The second kappa shape index (κ2) is 7.69. The van der Waals surface area contributed by atoms with E-state index in [2.05, 4.69) is 38.1 Å². The SMILES string of the molecule is CCCCCC[Si]Cc1ccc(C)cc1. The molecule has 0 N–H and O–H groups in total. The predicted molar refractivity (Wildman–Crippen MR) is 69.6 cm³/mol. The Balaban J connectivity index is 2.07. The molecular formula is C14H22Si. The zero-order chi connectivity index (χ0) is 10.9. The molecule has 0 aliphatic heterocycles. The van der Waals surface area contributed by atoms with E-state index in [9.17, 15) is 0 Å². The van der Waals surface area contributed by atoms with Crippen LogP contribution in [0.3, 0.4) is 0 Å². The van der Waals surface area contributed by atoms with Crippen molar-refractivity contribution in [2.24, 2.45) is 0 Å². The fourth-order valence-electron chi connectivity index (χ4n) is 1.62. The zero-order valence-corrected chi connectivity index (χ0v) is 11.1. The number of rotatable bonds is 7. The van der Waals surface area contributed by atoms with Crippen LogP contribution in [0.2, 0.25) is 6.04 Å². The molecule has 0 saturated carbocycles. The summed E-state index contributed by atoms with van der Waals surface area (Å²) < 4.78 is 0. The van der Waals surface area contributed by atoms with Crippen molar-refractivity contribution in [3.8, 4) is 0 Å². The molecule has 0 unspecified atom stereocenters. The van der Waals surface area contributed by atoms with Gasteiger partial charge in [-0.1, -0.05) is 74.0 Å². The van der Waals surface area contributed by atoms with Gasteiger partial charge in [0.05, 0.1) is 0 Å². The van der Waals surface area contributed by atoms with E-state index in [1.54, 1.807) is 0 Å². The van der Waals surface area contributed by atoms with Crippen molar-refractivity contribution in [2.75, 3.05) is 0 Å². The maximum absolute atomic E-state index is 2.27. The van der Waals surface area contributed by atoms with E-state index < -0.39 is 0 Å². The summed E-state index contributed by atoms with van der Waals surface area (Å²) in [7, 11) is 1.12. The molecule has 0 heterocycles. The van der Waals surface area contributed by atoms with Crippen molar-refractivity contribution in [1.82, 2.24) is 0 Å². The number of hydrogen-bond acceptors (Lipinski definition) is 0. The molecule has 15 heavy (non-hydrogen) atoms. The normalized spacial score (nSPS) is 10.5. The summed E-state index contributed by atoms with van der Waals surface area (Å²) in [5, 5.41) is 0. The lowest BCUT2D eigenvalue weighted by atomic mass is 10.2. The molecule has 1 aromatic rings. The Labute approximate surface area is 96.9 Å². The molecule has 0 nitrogen and oxygen atoms in total. The Morgan fingerprint density at radius 3 is 2.40 bits per heavy atom. The Morgan fingerprint density at radius 2 is 1.73 bits per heavy atom. The molecule has 1 heteroatoms. The topological polar surface area (TPSA) is 0 Å². The van der Waals surface area contributed by atoms with E-state index >= 15 is 0 Å². The largest absolute Gasteiger partial charge is 0.0654 e. The second-order valence-electron chi connectivity index (χ2n) is 4.22. The minimum absolute atomic E-state index is 1.12. The Bertz CT molecular complexity index is 251. The van der Waals surface area contributed by atoms with Crippen LogP contribution >= 0.6 is 0 Å². The smallest absolute Gasteiger partial charge is 0.0428 e. The van der Waals surface area contributed by atoms with Crippen LogP contribution in [0.15, 0.2) is 24.3 Å². The van der Waals surface area contributed by atoms with E-state index in [0.717, 1.165) is 9.52 Å². The van der Waals surface area contributed by atoms with Gasteiger partial charge in [-0.05, 0) is 13.0 Å². The molecule has 82 valence electrons. The van der Waals surface area contributed by atoms with E-state index in [0.29, 0.717) is 0 Å². The van der Waals surface area contributed by atoms with Crippen molar-refractivity contribution in [2.45, 2.75) is 51.6 Å². The lowest BCUT2D eigenvalue weighted by molar-refractivity contribution is 0.700. The highest BCUT2D eigenvalue weighted by atomic mass is 28.2. The molecular weight excluding hydrogens is 196 g/mol. The standard InChI is InChI=1S/C14H22Si/c1-3-4-5-6-11-15-12-14-9-7-13(2)8-10-14/h7-10H,3-6,11-12H2,1-2H3. The third-order valence-electron chi connectivity index (χ3n) is 2.66. The van der Waals surface area contributed by atoms with Crippen molar-refractivity contribution >= 4 is 9.52 Å². The van der Waals surface area contributed by atoms with Crippen molar-refractivity contribution in [3.63, 3.8) is 0 Å². The zero-order valence-electron chi connectivity index (χ0n) is 10.1. The summed E-state index contributed by atoms with van der Waals surface area (Å²) in [6.45, 7) is 4.42. The monoisotopic (exact) mass is 218 g/mol. The van der Waals surface area contributed by atoms with Crippen LogP contribution in [0.5, 0.6) is 0 Å². The van der Waals surface area contributed by atoms with E-state index in [1.807, 2.05) is 0 Å². The van der Waals surface area contributed by atoms with Crippen LogP contribution in [-0.2, 0) is 6.04 Å². The molecule has 0 aliphatic carbocycles. The quantitative estimate of drug-likeness (QED) is 0.475. The van der Waals surface area contributed by atoms with Crippen molar-refractivity contribution in [3.05, 3.63) is 35.4 Å². The van der Waals surface area contributed by atoms with Gasteiger partial charge in [-0.15, -0.1) is 0 Å². The van der Waals surface area contributed by atoms with Gasteiger partial charge in [0.25, 0.3) is 0 Å². The van der Waals surface area contributed by atoms with E-state index in [1.165, 1.54) is 48.9 Å². The lowest BCUT2D eigenvalue weighted by Gasteiger charge is -2.01. The third kappa shape index (κ3) is 5.78. The fourth-order valence-corrected chi connectivity index (χ4v) is 2.82. The van der Waals surface area contributed by atoms with Gasteiger partial charge in [0.2, 0.25) is 0 Å². The first-order chi connectivity index (χ1) is 7.33. The van der Waals surface area contributed by atoms with Gasteiger partial charge in [0.15, 0.2) is 0 Å². The molecule has 0 bridgehead atoms. The minimum Gasteiger partial charge on any atom is -0.0654 e. The molecule has 2 radical (unpaired) electrons. The second-order valence-corrected chi connectivity index (χ2v) is 5.58. The van der Waals surface area contributed by atoms with Gasteiger partial charge >= 0.3 is 0 Å². The Hall–Kier alpha value is -0.563. The maximum atomic E-state index is 2.27. The minimum atomic E-state index is 1.12. The molecule has 0 aliphatic rings. The van der Waals surface area contributed by atoms with Gasteiger partial charge in [-0.3, -0.25) is 0 Å². The number of hydrogen-bond donors (Lipinski definition) is 0. The number of aryl methyl sites for hydroxylation is 1.